The number of nitrogens with zero attached hydrogens (tertiary/aromatic N) is 1. The lowest BCUT2D eigenvalue weighted by molar-refractivity contribution is -0.124. The maximum Gasteiger partial charge on any atom is 0.254 e. The number of benzene rings is 2. The van der Waals surface area contributed by atoms with Crippen LogP contribution in [0.1, 0.15) is 52.2 Å². The zero-order valence-electron chi connectivity index (χ0n) is 19.3. The minimum Gasteiger partial charge on any atom is -0.355 e. The Balaban J connectivity index is 1.61. The molecular formula is C27H30N2O2S2. The third-order valence-corrected chi connectivity index (χ3v) is 7.68. The van der Waals surface area contributed by atoms with E-state index in [1.807, 2.05) is 46.7 Å². The molecule has 0 spiro atoms. The highest BCUT2D eigenvalue weighted by Gasteiger charge is 2.44. The lowest BCUT2D eigenvalue weighted by Gasteiger charge is -2.42. The number of carbonyl (C=O) groups is 2. The number of hydrogen-bond donors (Lipinski definition) is 1. The smallest absolute Gasteiger partial charge is 0.254 e. The van der Waals surface area contributed by atoms with E-state index in [0.717, 1.165) is 16.9 Å². The van der Waals surface area contributed by atoms with Gasteiger partial charge in [-0.05, 0) is 59.4 Å². The first-order chi connectivity index (χ1) is 16.0. The van der Waals surface area contributed by atoms with Crippen LogP contribution in [0.2, 0.25) is 0 Å². The number of hydrogen-bond acceptors (Lipinski definition) is 4. The molecule has 2 aromatic carbocycles. The largest absolute Gasteiger partial charge is 0.355 e. The van der Waals surface area contributed by atoms with Crippen LogP contribution in [0, 0.1) is 5.92 Å². The van der Waals surface area contributed by atoms with Crippen LogP contribution in [0.25, 0.3) is 0 Å². The van der Waals surface area contributed by atoms with Crippen molar-refractivity contribution in [3.63, 3.8) is 0 Å². The van der Waals surface area contributed by atoms with Crippen molar-refractivity contribution in [3.05, 3.63) is 87.6 Å². The molecule has 3 aromatic rings. The van der Waals surface area contributed by atoms with Gasteiger partial charge in [-0.15, -0.1) is 23.1 Å². The van der Waals surface area contributed by atoms with E-state index < -0.39 is 5.92 Å². The zero-order valence-corrected chi connectivity index (χ0v) is 20.9. The number of nitrogens with one attached hydrogen (secondary N) is 1. The molecule has 0 unspecified atom stereocenters. The average Bonchev–Trinajstić information content (AvgIpc) is 3.35. The fourth-order valence-corrected chi connectivity index (χ4v) is 5.76. The molecule has 0 saturated heterocycles. The third kappa shape index (κ3) is 5.17. The monoisotopic (exact) mass is 478 g/mol. The number of thioether (sulfide) groups is 1. The van der Waals surface area contributed by atoms with Crippen LogP contribution in [0.5, 0.6) is 0 Å². The van der Waals surface area contributed by atoms with Gasteiger partial charge in [-0.25, -0.2) is 0 Å². The van der Waals surface area contributed by atoms with Gasteiger partial charge in [0.25, 0.3) is 5.91 Å². The van der Waals surface area contributed by atoms with Crippen LogP contribution in [0.4, 0.5) is 0 Å². The minimum absolute atomic E-state index is 0.00985. The van der Waals surface area contributed by atoms with Gasteiger partial charge in [0, 0.05) is 28.4 Å². The van der Waals surface area contributed by atoms with Gasteiger partial charge >= 0.3 is 0 Å². The molecule has 0 aliphatic carbocycles. The molecular weight excluding hydrogens is 448 g/mol. The van der Waals surface area contributed by atoms with Gasteiger partial charge in [-0.2, -0.15) is 0 Å². The molecule has 1 aliphatic heterocycles. The molecule has 6 heteroatoms. The molecule has 2 heterocycles. The van der Waals surface area contributed by atoms with Crippen molar-refractivity contribution >= 4 is 34.9 Å². The van der Waals surface area contributed by atoms with Crippen molar-refractivity contribution in [1.82, 2.24) is 10.2 Å². The molecule has 0 radical (unpaired) electrons. The number of rotatable bonds is 8. The maximum atomic E-state index is 13.6. The standard InChI is InChI=1S/C27H30N2O2S2/c1-18(2)17-29-25(23-9-6-16-33-23)24(21-7-4-5-8-22(21)27(29)31)26(30)28-15-14-19-10-12-20(32-3)13-11-19/h4-13,16,18,24-25H,14-15,17H2,1-3H3,(H,28,30)/t24-,25+/m0/s1. The molecule has 0 saturated carbocycles. The number of carbonyl (C=O) groups excluding carboxylic acids is 2. The molecule has 1 aliphatic rings. The Kier molecular flexibility index (Phi) is 7.56. The fourth-order valence-electron chi connectivity index (χ4n) is 4.48. The van der Waals surface area contributed by atoms with Crippen LogP contribution in [-0.2, 0) is 11.2 Å². The number of fused-ring (bicyclic) bond motifs is 1. The van der Waals surface area contributed by atoms with E-state index in [4.69, 9.17) is 0 Å². The summed E-state index contributed by atoms with van der Waals surface area (Å²) in [6, 6.07) is 19.8. The number of amides is 2. The van der Waals surface area contributed by atoms with E-state index in [1.165, 1.54) is 10.5 Å². The summed E-state index contributed by atoms with van der Waals surface area (Å²) in [6.45, 7) is 5.39. The van der Waals surface area contributed by atoms with Crippen molar-refractivity contribution in [2.45, 2.75) is 37.1 Å². The lowest BCUT2D eigenvalue weighted by atomic mass is 9.81. The SMILES string of the molecule is CSc1ccc(CCNC(=O)[C@H]2c3ccccc3C(=O)N(CC(C)C)[C@@H]2c2cccs2)cc1. The van der Waals surface area contributed by atoms with E-state index in [2.05, 4.69) is 49.7 Å². The first-order valence-electron chi connectivity index (χ1n) is 11.3. The second-order valence-electron chi connectivity index (χ2n) is 8.77. The highest BCUT2D eigenvalue weighted by Crippen LogP contribution is 2.44. The average molecular weight is 479 g/mol. The third-order valence-electron chi connectivity index (χ3n) is 5.99. The molecule has 172 valence electrons. The molecule has 1 aromatic heterocycles. The molecule has 4 nitrogen and oxygen atoms in total. The van der Waals surface area contributed by atoms with Gasteiger partial charge in [0.05, 0.1) is 12.0 Å². The summed E-state index contributed by atoms with van der Waals surface area (Å²) < 4.78 is 0. The van der Waals surface area contributed by atoms with Gasteiger partial charge in [-0.3, -0.25) is 9.59 Å². The topological polar surface area (TPSA) is 49.4 Å². The van der Waals surface area contributed by atoms with Gasteiger partial charge in [0.1, 0.15) is 0 Å². The molecule has 2 atom stereocenters. The van der Waals surface area contributed by atoms with E-state index in [0.29, 0.717) is 24.6 Å². The molecule has 33 heavy (non-hydrogen) atoms. The van der Waals surface area contributed by atoms with E-state index in [-0.39, 0.29) is 17.9 Å². The first-order valence-corrected chi connectivity index (χ1v) is 13.4. The molecule has 2 amide bonds. The second-order valence-corrected chi connectivity index (χ2v) is 10.6. The van der Waals surface area contributed by atoms with Gasteiger partial charge < -0.3 is 10.2 Å². The molecule has 0 bridgehead atoms. The van der Waals surface area contributed by atoms with Crippen molar-refractivity contribution in [3.8, 4) is 0 Å². The van der Waals surface area contributed by atoms with Crippen molar-refractivity contribution < 1.29 is 9.59 Å². The Bertz CT molecular complexity index is 1090. The summed E-state index contributed by atoms with van der Waals surface area (Å²) in [5.74, 6) is -0.150. The van der Waals surface area contributed by atoms with Crippen molar-refractivity contribution in [2.24, 2.45) is 5.92 Å². The zero-order chi connectivity index (χ0) is 23.4. The second kappa shape index (κ2) is 10.6. The Morgan fingerprint density at radius 2 is 1.85 bits per heavy atom. The summed E-state index contributed by atoms with van der Waals surface area (Å²) in [6.07, 6.45) is 2.83. The van der Waals surface area contributed by atoms with Crippen LogP contribution in [0.3, 0.4) is 0 Å². The van der Waals surface area contributed by atoms with Crippen LogP contribution >= 0.6 is 23.1 Å². The quantitative estimate of drug-likeness (QED) is 0.419. The summed E-state index contributed by atoms with van der Waals surface area (Å²) in [5, 5.41) is 5.19. The molecule has 0 fully saturated rings. The highest BCUT2D eigenvalue weighted by atomic mass is 32.2. The number of thiophene rings is 1. The summed E-state index contributed by atoms with van der Waals surface area (Å²) >= 11 is 3.33. The molecule has 1 N–H and O–H groups in total. The molecule has 4 rings (SSSR count). The Morgan fingerprint density at radius 3 is 2.52 bits per heavy atom. The predicted molar refractivity (Wildman–Crippen MR) is 137 cm³/mol. The first kappa shape index (κ1) is 23.6. The highest BCUT2D eigenvalue weighted by molar-refractivity contribution is 7.98. The summed E-state index contributed by atoms with van der Waals surface area (Å²) in [4.78, 5) is 31.3. The summed E-state index contributed by atoms with van der Waals surface area (Å²) in [7, 11) is 0. The minimum atomic E-state index is -0.435. The van der Waals surface area contributed by atoms with E-state index >= 15 is 0 Å². The summed E-state index contributed by atoms with van der Waals surface area (Å²) in [5.41, 5.74) is 2.66. The normalized spacial score (nSPS) is 17.8. The van der Waals surface area contributed by atoms with Gasteiger partial charge in [0.15, 0.2) is 0 Å². The fraction of sp³-hybridized carbons (Fsp3) is 0.333. The van der Waals surface area contributed by atoms with Crippen molar-refractivity contribution in [2.75, 3.05) is 19.3 Å². The van der Waals surface area contributed by atoms with Gasteiger partial charge in [0.2, 0.25) is 5.91 Å². The Morgan fingerprint density at radius 1 is 1.09 bits per heavy atom. The maximum absolute atomic E-state index is 13.6. The Labute approximate surface area is 204 Å². The van der Waals surface area contributed by atoms with Crippen LogP contribution < -0.4 is 5.32 Å². The lowest BCUT2D eigenvalue weighted by Crippen LogP contribution is -2.48. The van der Waals surface area contributed by atoms with E-state index in [1.54, 1.807) is 23.1 Å². The predicted octanol–water partition coefficient (Wildman–Crippen LogP) is 5.77. The van der Waals surface area contributed by atoms with Crippen LogP contribution in [0.15, 0.2) is 70.9 Å². The van der Waals surface area contributed by atoms with Crippen LogP contribution in [-0.4, -0.2) is 36.1 Å². The van der Waals surface area contributed by atoms with E-state index in [9.17, 15) is 9.59 Å². The Hall–Kier alpha value is -2.57. The van der Waals surface area contributed by atoms with Gasteiger partial charge in [-0.1, -0.05) is 50.2 Å². The van der Waals surface area contributed by atoms with Crippen molar-refractivity contribution in [1.29, 1.82) is 0 Å².